The van der Waals surface area contributed by atoms with Crippen molar-refractivity contribution in [1.29, 1.82) is 0 Å². The number of hydrogen-bond donors (Lipinski definition) is 0. The fourth-order valence-corrected chi connectivity index (χ4v) is 1.45. The van der Waals surface area contributed by atoms with E-state index in [1.807, 2.05) is 0 Å². The first kappa shape index (κ1) is 8.02. The molecule has 1 atom stereocenters. The molecule has 60 valence electrons. The molecule has 0 aromatic heterocycles. The van der Waals surface area contributed by atoms with E-state index in [1.54, 1.807) is 7.11 Å². The monoisotopic (exact) mass is 143 g/mol. The van der Waals surface area contributed by atoms with E-state index in [4.69, 9.17) is 4.74 Å². The highest BCUT2D eigenvalue weighted by Gasteiger charge is 2.17. The molecular weight excluding hydrogens is 126 g/mol. The van der Waals surface area contributed by atoms with E-state index in [0.29, 0.717) is 0 Å². The Morgan fingerprint density at radius 3 is 2.90 bits per heavy atom. The van der Waals surface area contributed by atoms with Crippen molar-refractivity contribution in [2.24, 2.45) is 5.92 Å². The van der Waals surface area contributed by atoms with Crippen molar-refractivity contribution in [3.05, 3.63) is 0 Å². The van der Waals surface area contributed by atoms with Gasteiger partial charge in [0, 0.05) is 20.2 Å². The second-order valence-corrected chi connectivity index (χ2v) is 3.19. The standard InChI is InChI=1S/C8H17NO/c1-8-3-4-9(7-8)5-6-10-2/h8H,3-7H2,1-2H3. The Labute approximate surface area is 63.2 Å². The lowest BCUT2D eigenvalue weighted by molar-refractivity contribution is 0.159. The van der Waals surface area contributed by atoms with E-state index < -0.39 is 0 Å². The van der Waals surface area contributed by atoms with Crippen molar-refractivity contribution in [3.63, 3.8) is 0 Å². The van der Waals surface area contributed by atoms with Crippen LogP contribution in [0.15, 0.2) is 0 Å². The summed E-state index contributed by atoms with van der Waals surface area (Å²) in [4.78, 5) is 2.47. The van der Waals surface area contributed by atoms with Gasteiger partial charge in [-0.05, 0) is 18.9 Å². The Balaban J connectivity index is 2.06. The van der Waals surface area contributed by atoms with Crippen LogP contribution in [0.4, 0.5) is 0 Å². The molecule has 0 radical (unpaired) electrons. The molecule has 1 heterocycles. The summed E-state index contributed by atoms with van der Waals surface area (Å²) in [7, 11) is 1.76. The fourth-order valence-electron chi connectivity index (χ4n) is 1.45. The molecule has 0 aromatic rings. The third-order valence-corrected chi connectivity index (χ3v) is 2.12. The number of nitrogens with zero attached hydrogens (tertiary/aromatic N) is 1. The fraction of sp³-hybridized carbons (Fsp3) is 1.00. The van der Waals surface area contributed by atoms with Crippen molar-refractivity contribution in [1.82, 2.24) is 4.90 Å². The number of rotatable bonds is 3. The Morgan fingerprint density at radius 1 is 1.60 bits per heavy atom. The Morgan fingerprint density at radius 2 is 2.40 bits per heavy atom. The molecule has 0 bridgehead atoms. The average Bonchev–Trinajstić information content (AvgIpc) is 2.31. The van der Waals surface area contributed by atoms with Gasteiger partial charge in [-0.15, -0.1) is 0 Å². The summed E-state index contributed by atoms with van der Waals surface area (Å²) in [6.07, 6.45) is 1.36. The highest BCUT2D eigenvalue weighted by atomic mass is 16.5. The maximum atomic E-state index is 5.00. The van der Waals surface area contributed by atoms with Crippen LogP contribution in [0.5, 0.6) is 0 Å². The molecule has 1 unspecified atom stereocenters. The van der Waals surface area contributed by atoms with Crippen LogP contribution in [0, 0.1) is 5.92 Å². The zero-order valence-electron chi connectivity index (χ0n) is 6.97. The van der Waals surface area contributed by atoms with Gasteiger partial charge in [-0.1, -0.05) is 6.92 Å². The van der Waals surface area contributed by atoms with Crippen LogP contribution in [-0.4, -0.2) is 38.3 Å². The molecule has 1 fully saturated rings. The minimum Gasteiger partial charge on any atom is -0.383 e. The first-order chi connectivity index (χ1) is 4.83. The predicted molar refractivity (Wildman–Crippen MR) is 42.1 cm³/mol. The number of hydrogen-bond acceptors (Lipinski definition) is 2. The molecule has 0 N–H and O–H groups in total. The van der Waals surface area contributed by atoms with E-state index in [-0.39, 0.29) is 0 Å². The molecule has 0 amide bonds. The smallest absolute Gasteiger partial charge is 0.0589 e. The maximum absolute atomic E-state index is 5.00. The SMILES string of the molecule is COCCN1CCC(C)C1. The molecule has 0 spiro atoms. The number of methoxy groups -OCH3 is 1. The summed E-state index contributed by atoms with van der Waals surface area (Å²) in [6.45, 7) is 6.84. The van der Waals surface area contributed by atoms with Crippen molar-refractivity contribution in [2.45, 2.75) is 13.3 Å². The lowest BCUT2D eigenvalue weighted by Crippen LogP contribution is -2.24. The maximum Gasteiger partial charge on any atom is 0.0589 e. The first-order valence-corrected chi connectivity index (χ1v) is 4.04. The van der Waals surface area contributed by atoms with Gasteiger partial charge in [-0.2, -0.15) is 0 Å². The van der Waals surface area contributed by atoms with Gasteiger partial charge in [-0.3, -0.25) is 0 Å². The normalized spacial score (nSPS) is 27.6. The Bertz CT molecular complexity index is 95.3. The minimum absolute atomic E-state index is 0.882. The van der Waals surface area contributed by atoms with Crippen molar-refractivity contribution >= 4 is 0 Å². The Kier molecular flexibility index (Phi) is 3.16. The zero-order chi connectivity index (χ0) is 7.40. The van der Waals surface area contributed by atoms with Crippen LogP contribution in [-0.2, 0) is 4.74 Å². The molecule has 1 aliphatic rings. The van der Waals surface area contributed by atoms with Crippen LogP contribution >= 0.6 is 0 Å². The lowest BCUT2D eigenvalue weighted by atomic mass is 10.2. The first-order valence-electron chi connectivity index (χ1n) is 4.04. The summed E-state index contributed by atoms with van der Waals surface area (Å²) in [5.74, 6) is 0.900. The van der Waals surface area contributed by atoms with E-state index in [2.05, 4.69) is 11.8 Å². The average molecular weight is 143 g/mol. The summed E-state index contributed by atoms with van der Waals surface area (Å²) in [6, 6.07) is 0. The zero-order valence-corrected chi connectivity index (χ0v) is 6.97. The summed E-state index contributed by atoms with van der Waals surface area (Å²) < 4.78 is 5.00. The van der Waals surface area contributed by atoms with Gasteiger partial charge >= 0.3 is 0 Å². The molecule has 1 aliphatic heterocycles. The van der Waals surface area contributed by atoms with Gasteiger partial charge in [0.2, 0.25) is 0 Å². The van der Waals surface area contributed by atoms with Crippen LogP contribution in [0.3, 0.4) is 0 Å². The van der Waals surface area contributed by atoms with Crippen molar-refractivity contribution in [2.75, 3.05) is 33.4 Å². The molecule has 0 aromatic carbocycles. The molecule has 1 saturated heterocycles. The second-order valence-electron chi connectivity index (χ2n) is 3.19. The Hall–Kier alpha value is -0.0800. The quantitative estimate of drug-likeness (QED) is 0.584. The van der Waals surface area contributed by atoms with Crippen molar-refractivity contribution in [3.8, 4) is 0 Å². The van der Waals surface area contributed by atoms with Gasteiger partial charge in [0.1, 0.15) is 0 Å². The van der Waals surface area contributed by atoms with Gasteiger partial charge in [-0.25, -0.2) is 0 Å². The molecule has 0 aliphatic carbocycles. The third kappa shape index (κ3) is 2.27. The summed E-state index contributed by atoms with van der Waals surface area (Å²) >= 11 is 0. The van der Waals surface area contributed by atoms with E-state index in [0.717, 1.165) is 19.1 Å². The predicted octanol–water partition coefficient (Wildman–Crippen LogP) is 0.975. The minimum atomic E-state index is 0.882. The second kappa shape index (κ2) is 3.94. The summed E-state index contributed by atoms with van der Waals surface area (Å²) in [5.41, 5.74) is 0. The number of ether oxygens (including phenoxy) is 1. The molecule has 2 nitrogen and oxygen atoms in total. The van der Waals surface area contributed by atoms with Crippen molar-refractivity contribution < 1.29 is 4.74 Å². The van der Waals surface area contributed by atoms with E-state index in [9.17, 15) is 0 Å². The highest BCUT2D eigenvalue weighted by molar-refractivity contribution is 4.71. The van der Waals surface area contributed by atoms with E-state index >= 15 is 0 Å². The van der Waals surface area contributed by atoms with Crippen LogP contribution in [0.2, 0.25) is 0 Å². The van der Waals surface area contributed by atoms with Gasteiger partial charge in [0.05, 0.1) is 6.61 Å². The molecule has 0 saturated carbocycles. The molecule has 2 heteroatoms. The van der Waals surface area contributed by atoms with Crippen LogP contribution < -0.4 is 0 Å². The highest BCUT2D eigenvalue weighted by Crippen LogP contribution is 2.13. The molecular formula is C8H17NO. The van der Waals surface area contributed by atoms with Gasteiger partial charge in [0.15, 0.2) is 0 Å². The van der Waals surface area contributed by atoms with Gasteiger partial charge < -0.3 is 9.64 Å². The largest absolute Gasteiger partial charge is 0.383 e. The van der Waals surface area contributed by atoms with E-state index in [1.165, 1.54) is 19.5 Å². The lowest BCUT2D eigenvalue weighted by Gasteiger charge is -2.13. The molecule has 1 rings (SSSR count). The van der Waals surface area contributed by atoms with Gasteiger partial charge in [0.25, 0.3) is 0 Å². The topological polar surface area (TPSA) is 12.5 Å². The molecule has 10 heavy (non-hydrogen) atoms. The van der Waals surface area contributed by atoms with Crippen LogP contribution in [0.1, 0.15) is 13.3 Å². The summed E-state index contributed by atoms with van der Waals surface area (Å²) in [5, 5.41) is 0. The number of likely N-dealkylation sites (tertiary alicyclic amines) is 1. The third-order valence-electron chi connectivity index (χ3n) is 2.12. The van der Waals surface area contributed by atoms with Crippen LogP contribution in [0.25, 0.3) is 0 Å².